The Kier molecular flexibility index (Phi) is 6.41. The molecule has 0 spiro atoms. The Hall–Kier alpha value is -0.690. The highest BCUT2D eigenvalue weighted by atomic mass is 32.1. The molecule has 1 N–H and O–H groups in total. The van der Waals surface area contributed by atoms with Gasteiger partial charge in [-0.3, -0.25) is 0 Å². The molecule has 1 saturated heterocycles. The largest absolute Gasteiger partial charge is 0.378 e. The molecule has 1 aromatic rings. The van der Waals surface area contributed by atoms with Gasteiger partial charge in [-0.2, -0.15) is 0 Å². The molecule has 0 aromatic carbocycles. The average molecular weight is 313 g/mol. The van der Waals surface area contributed by atoms with E-state index >= 15 is 0 Å². The van der Waals surface area contributed by atoms with Crippen LogP contribution in [-0.4, -0.2) is 43.9 Å². The van der Waals surface area contributed by atoms with E-state index in [4.69, 9.17) is 14.5 Å². The van der Waals surface area contributed by atoms with Crippen molar-refractivity contribution in [2.24, 2.45) is 0 Å². The number of ether oxygens (including phenoxy) is 2. The molecule has 0 bridgehead atoms. The summed E-state index contributed by atoms with van der Waals surface area (Å²) in [4.78, 5) is 8.52. The standard InChI is InChI=1S/C15H27N3O2S/c1-5-12-9-20-11(3)8-18(12)15-17-13(10-19-4)14(21-15)7-16-6-2/h11-12,16H,5-10H2,1-4H3. The van der Waals surface area contributed by atoms with Crippen molar-refractivity contribution in [3.63, 3.8) is 0 Å². The van der Waals surface area contributed by atoms with Crippen molar-refractivity contribution in [2.75, 3.05) is 31.7 Å². The summed E-state index contributed by atoms with van der Waals surface area (Å²) in [6.45, 7) is 10.6. The summed E-state index contributed by atoms with van der Waals surface area (Å²) in [5.41, 5.74) is 1.06. The van der Waals surface area contributed by atoms with E-state index in [1.165, 1.54) is 4.88 Å². The lowest BCUT2D eigenvalue weighted by atomic mass is 10.1. The predicted molar refractivity (Wildman–Crippen MR) is 87.0 cm³/mol. The molecule has 2 atom stereocenters. The number of thiazole rings is 1. The van der Waals surface area contributed by atoms with E-state index in [2.05, 4.69) is 31.0 Å². The number of rotatable bonds is 7. The van der Waals surface area contributed by atoms with Gasteiger partial charge in [0.1, 0.15) is 0 Å². The van der Waals surface area contributed by atoms with E-state index in [0.717, 1.165) is 43.5 Å². The number of nitrogens with one attached hydrogen (secondary N) is 1. The van der Waals surface area contributed by atoms with Gasteiger partial charge >= 0.3 is 0 Å². The van der Waals surface area contributed by atoms with Gasteiger partial charge in [0, 0.05) is 25.1 Å². The van der Waals surface area contributed by atoms with Gasteiger partial charge in [-0.25, -0.2) is 4.98 Å². The number of morpholine rings is 1. The van der Waals surface area contributed by atoms with Crippen molar-refractivity contribution < 1.29 is 9.47 Å². The first-order valence-corrected chi connectivity index (χ1v) is 8.57. The van der Waals surface area contributed by atoms with Gasteiger partial charge in [-0.1, -0.05) is 13.8 Å². The number of nitrogens with zero attached hydrogens (tertiary/aromatic N) is 2. The van der Waals surface area contributed by atoms with E-state index < -0.39 is 0 Å². The maximum atomic E-state index is 5.78. The molecule has 0 amide bonds. The Bertz CT molecular complexity index is 439. The van der Waals surface area contributed by atoms with E-state index in [0.29, 0.717) is 12.6 Å². The second-order valence-electron chi connectivity index (χ2n) is 5.44. The fourth-order valence-electron chi connectivity index (χ4n) is 2.54. The smallest absolute Gasteiger partial charge is 0.186 e. The van der Waals surface area contributed by atoms with Gasteiger partial charge in [0.25, 0.3) is 0 Å². The number of anilines is 1. The minimum Gasteiger partial charge on any atom is -0.378 e. The lowest BCUT2D eigenvalue weighted by Crippen LogP contribution is -2.48. The van der Waals surface area contributed by atoms with Crippen LogP contribution in [0, 0.1) is 0 Å². The first-order valence-electron chi connectivity index (χ1n) is 7.76. The molecule has 2 heterocycles. The minimum atomic E-state index is 0.264. The van der Waals surface area contributed by atoms with E-state index in [9.17, 15) is 0 Å². The van der Waals surface area contributed by atoms with Crippen LogP contribution in [-0.2, 0) is 22.6 Å². The van der Waals surface area contributed by atoms with Crippen LogP contribution in [0.1, 0.15) is 37.8 Å². The number of aromatic nitrogens is 1. The lowest BCUT2D eigenvalue weighted by Gasteiger charge is -2.38. The monoisotopic (exact) mass is 313 g/mol. The van der Waals surface area contributed by atoms with Gasteiger partial charge in [0.15, 0.2) is 5.13 Å². The summed E-state index contributed by atoms with van der Waals surface area (Å²) in [5, 5.41) is 4.49. The van der Waals surface area contributed by atoms with E-state index in [1.54, 1.807) is 18.4 Å². The predicted octanol–water partition coefficient (Wildman–Crippen LogP) is 2.40. The Morgan fingerprint density at radius 1 is 1.48 bits per heavy atom. The first kappa shape index (κ1) is 16.7. The normalized spacial score (nSPS) is 22.8. The molecule has 5 nitrogen and oxygen atoms in total. The molecule has 1 aliphatic heterocycles. The summed E-state index contributed by atoms with van der Waals surface area (Å²) >= 11 is 1.78. The average Bonchev–Trinajstić information content (AvgIpc) is 2.88. The van der Waals surface area contributed by atoms with Crippen molar-refractivity contribution in [1.29, 1.82) is 0 Å². The van der Waals surface area contributed by atoms with Crippen LogP contribution in [0.2, 0.25) is 0 Å². The quantitative estimate of drug-likeness (QED) is 0.837. The van der Waals surface area contributed by atoms with Gasteiger partial charge in [0.05, 0.1) is 31.1 Å². The van der Waals surface area contributed by atoms with Crippen LogP contribution < -0.4 is 10.2 Å². The highest BCUT2D eigenvalue weighted by Gasteiger charge is 2.28. The minimum absolute atomic E-state index is 0.264. The molecule has 21 heavy (non-hydrogen) atoms. The van der Waals surface area contributed by atoms with Crippen LogP contribution in [0.15, 0.2) is 0 Å². The van der Waals surface area contributed by atoms with Crippen LogP contribution >= 0.6 is 11.3 Å². The molecule has 1 aromatic heterocycles. The van der Waals surface area contributed by atoms with Crippen molar-refractivity contribution in [2.45, 2.75) is 52.5 Å². The van der Waals surface area contributed by atoms with Crippen LogP contribution in [0.25, 0.3) is 0 Å². The third-order valence-corrected chi connectivity index (χ3v) is 4.90. The second kappa shape index (κ2) is 8.08. The Morgan fingerprint density at radius 3 is 2.95 bits per heavy atom. The highest BCUT2D eigenvalue weighted by molar-refractivity contribution is 7.15. The lowest BCUT2D eigenvalue weighted by molar-refractivity contribution is 0.0299. The van der Waals surface area contributed by atoms with Crippen LogP contribution in [0.3, 0.4) is 0 Å². The number of hydrogen-bond donors (Lipinski definition) is 1. The molecule has 1 fully saturated rings. The third-order valence-electron chi connectivity index (χ3n) is 3.77. The van der Waals surface area contributed by atoms with Gasteiger partial charge in [-0.15, -0.1) is 11.3 Å². The zero-order valence-corrected chi connectivity index (χ0v) is 14.3. The fraction of sp³-hybridized carbons (Fsp3) is 0.800. The van der Waals surface area contributed by atoms with Gasteiger partial charge in [-0.05, 0) is 19.9 Å². The van der Waals surface area contributed by atoms with E-state index in [1.807, 2.05) is 0 Å². The van der Waals surface area contributed by atoms with Crippen molar-refractivity contribution >= 4 is 16.5 Å². The number of methoxy groups -OCH3 is 1. The molecule has 0 saturated carbocycles. The van der Waals surface area contributed by atoms with Gasteiger partial charge < -0.3 is 19.7 Å². The van der Waals surface area contributed by atoms with Crippen molar-refractivity contribution in [3.05, 3.63) is 10.6 Å². The molecule has 0 radical (unpaired) electrons. The number of hydrogen-bond acceptors (Lipinski definition) is 6. The summed E-state index contributed by atoms with van der Waals surface area (Å²) in [7, 11) is 1.72. The van der Waals surface area contributed by atoms with Crippen LogP contribution in [0.4, 0.5) is 5.13 Å². The maximum absolute atomic E-state index is 5.78. The fourth-order valence-corrected chi connectivity index (χ4v) is 3.65. The second-order valence-corrected chi connectivity index (χ2v) is 6.50. The Morgan fingerprint density at radius 2 is 2.29 bits per heavy atom. The molecular formula is C15H27N3O2S. The van der Waals surface area contributed by atoms with Crippen molar-refractivity contribution in [1.82, 2.24) is 10.3 Å². The van der Waals surface area contributed by atoms with Gasteiger partial charge in [0.2, 0.25) is 0 Å². The third kappa shape index (κ3) is 4.16. The molecule has 0 aliphatic carbocycles. The maximum Gasteiger partial charge on any atom is 0.186 e. The summed E-state index contributed by atoms with van der Waals surface area (Å²) in [5.74, 6) is 0. The molecule has 1 aliphatic rings. The zero-order valence-electron chi connectivity index (χ0n) is 13.5. The summed E-state index contributed by atoms with van der Waals surface area (Å²) in [6.07, 6.45) is 1.34. The highest BCUT2D eigenvalue weighted by Crippen LogP contribution is 2.31. The van der Waals surface area contributed by atoms with E-state index in [-0.39, 0.29) is 6.10 Å². The summed E-state index contributed by atoms with van der Waals surface area (Å²) in [6, 6.07) is 0.426. The Balaban J connectivity index is 2.20. The molecule has 2 unspecified atom stereocenters. The molecule has 6 heteroatoms. The topological polar surface area (TPSA) is 46.6 Å². The molecule has 2 rings (SSSR count). The zero-order chi connectivity index (χ0) is 15.2. The summed E-state index contributed by atoms with van der Waals surface area (Å²) < 4.78 is 11.1. The van der Waals surface area contributed by atoms with Crippen LogP contribution in [0.5, 0.6) is 0 Å². The molecular weight excluding hydrogens is 286 g/mol. The van der Waals surface area contributed by atoms with Crippen molar-refractivity contribution in [3.8, 4) is 0 Å². The first-order chi connectivity index (χ1) is 10.2. The molecule has 120 valence electrons. The Labute approximate surface area is 131 Å². The SMILES string of the molecule is CCNCc1sc(N2CC(C)OCC2CC)nc1COC.